The van der Waals surface area contributed by atoms with Crippen molar-refractivity contribution in [2.75, 3.05) is 5.32 Å². The number of carbonyl (C=O) groups is 1. The summed E-state index contributed by atoms with van der Waals surface area (Å²) in [5, 5.41) is 11.0. The first-order chi connectivity index (χ1) is 8.54. The molecule has 1 unspecified atom stereocenters. The van der Waals surface area contributed by atoms with Crippen LogP contribution in [0.2, 0.25) is 0 Å². The van der Waals surface area contributed by atoms with E-state index in [9.17, 15) is 4.79 Å². The van der Waals surface area contributed by atoms with E-state index in [-0.39, 0.29) is 11.8 Å². The van der Waals surface area contributed by atoms with Gasteiger partial charge in [-0.1, -0.05) is 6.92 Å². The maximum Gasteiger partial charge on any atom is 0.230 e. The molecule has 0 aromatic carbocycles. The van der Waals surface area contributed by atoms with Gasteiger partial charge in [-0.05, 0) is 15.9 Å². The molecule has 7 heteroatoms. The summed E-state index contributed by atoms with van der Waals surface area (Å²) >= 11 is 3.32. The number of nitrogens with one attached hydrogen (secondary N) is 1. The molecule has 2 heterocycles. The molecule has 0 aliphatic heterocycles. The highest BCUT2D eigenvalue weighted by Crippen LogP contribution is 2.10. The Hall–Kier alpha value is -1.63. The average molecular weight is 312 g/mol. The lowest BCUT2D eigenvalue weighted by Crippen LogP contribution is -2.24. The van der Waals surface area contributed by atoms with Crippen molar-refractivity contribution in [1.29, 1.82) is 0 Å². The summed E-state index contributed by atoms with van der Waals surface area (Å²) in [6, 6.07) is 1.76. The molecule has 6 nitrogen and oxygen atoms in total. The molecule has 18 heavy (non-hydrogen) atoms. The van der Waals surface area contributed by atoms with Crippen molar-refractivity contribution in [3.63, 3.8) is 0 Å². The summed E-state index contributed by atoms with van der Waals surface area (Å²) in [5.41, 5.74) is 0. The molecule has 0 spiro atoms. The fraction of sp³-hybridized carbons (Fsp3) is 0.364. The largest absolute Gasteiger partial charge is 0.309 e. The lowest BCUT2D eigenvalue weighted by atomic mass is 10.1. The van der Waals surface area contributed by atoms with E-state index in [1.165, 1.54) is 0 Å². The first-order valence-electron chi connectivity index (χ1n) is 5.53. The molecule has 2 aromatic heterocycles. The highest BCUT2D eigenvalue weighted by Gasteiger charge is 2.15. The Labute approximate surface area is 113 Å². The van der Waals surface area contributed by atoms with Crippen LogP contribution in [0.1, 0.15) is 6.92 Å². The molecule has 1 N–H and O–H groups in total. The molecule has 2 rings (SSSR count). The topological polar surface area (TPSA) is 64.7 Å². The second-order valence-corrected chi connectivity index (χ2v) is 5.06. The van der Waals surface area contributed by atoms with Gasteiger partial charge in [0, 0.05) is 25.5 Å². The molecule has 1 atom stereocenters. The Morgan fingerprint density at radius 3 is 2.94 bits per heavy atom. The molecule has 0 radical (unpaired) electrons. The van der Waals surface area contributed by atoms with Gasteiger partial charge in [0.25, 0.3) is 0 Å². The van der Waals surface area contributed by atoms with E-state index < -0.39 is 0 Å². The SMILES string of the molecule is CC(Cn1cc(Br)cn1)C(=O)Nc1ccn(C)n1. The van der Waals surface area contributed by atoms with Crippen molar-refractivity contribution in [3.8, 4) is 0 Å². The average Bonchev–Trinajstić information content (AvgIpc) is 2.88. The molecule has 0 fully saturated rings. The summed E-state index contributed by atoms with van der Waals surface area (Å²) in [4.78, 5) is 11.9. The van der Waals surface area contributed by atoms with Gasteiger partial charge in [0.2, 0.25) is 5.91 Å². The Bertz CT molecular complexity index is 547. The zero-order chi connectivity index (χ0) is 13.1. The van der Waals surface area contributed by atoms with E-state index in [2.05, 4.69) is 31.4 Å². The minimum atomic E-state index is -0.182. The number of amides is 1. The molecule has 0 bridgehead atoms. The standard InChI is InChI=1S/C11H14BrN5O/c1-8(6-17-7-9(12)5-13-17)11(18)14-10-3-4-16(2)15-10/h3-5,7-8H,6H2,1-2H3,(H,14,15,18). The predicted molar refractivity (Wildman–Crippen MR) is 70.9 cm³/mol. The molecule has 0 aliphatic rings. The zero-order valence-electron chi connectivity index (χ0n) is 10.2. The minimum Gasteiger partial charge on any atom is -0.309 e. The van der Waals surface area contributed by atoms with Gasteiger partial charge in [-0.2, -0.15) is 10.2 Å². The van der Waals surface area contributed by atoms with Crippen LogP contribution in [0.4, 0.5) is 5.82 Å². The van der Waals surface area contributed by atoms with Gasteiger partial charge in [0.15, 0.2) is 5.82 Å². The molecule has 1 amide bonds. The number of carbonyl (C=O) groups excluding carboxylic acids is 1. The monoisotopic (exact) mass is 311 g/mol. The van der Waals surface area contributed by atoms with E-state index >= 15 is 0 Å². The second kappa shape index (κ2) is 5.34. The lowest BCUT2D eigenvalue weighted by molar-refractivity contribution is -0.119. The second-order valence-electron chi connectivity index (χ2n) is 4.15. The van der Waals surface area contributed by atoms with Gasteiger partial charge < -0.3 is 5.32 Å². The van der Waals surface area contributed by atoms with Gasteiger partial charge in [0.05, 0.1) is 23.1 Å². The van der Waals surface area contributed by atoms with Gasteiger partial charge >= 0.3 is 0 Å². The predicted octanol–water partition coefficient (Wildman–Crippen LogP) is 1.65. The van der Waals surface area contributed by atoms with Crippen LogP contribution in [-0.4, -0.2) is 25.5 Å². The number of halogens is 1. The number of anilines is 1. The summed E-state index contributed by atoms with van der Waals surface area (Å²) in [6.45, 7) is 2.39. The number of hydrogen-bond acceptors (Lipinski definition) is 3. The van der Waals surface area contributed by atoms with Crippen molar-refractivity contribution >= 4 is 27.7 Å². The molecule has 2 aromatic rings. The van der Waals surface area contributed by atoms with Gasteiger partial charge in [-0.15, -0.1) is 0 Å². The molecule has 96 valence electrons. The molecule has 0 aliphatic carbocycles. The normalized spacial score (nSPS) is 12.4. The fourth-order valence-electron chi connectivity index (χ4n) is 1.53. The van der Waals surface area contributed by atoms with Crippen molar-refractivity contribution in [2.45, 2.75) is 13.5 Å². The summed E-state index contributed by atoms with van der Waals surface area (Å²) in [7, 11) is 1.81. The van der Waals surface area contributed by atoms with Gasteiger partial charge in [0.1, 0.15) is 0 Å². The van der Waals surface area contributed by atoms with E-state index in [4.69, 9.17) is 0 Å². The number of nitrogens with zero attached hydrogens (tertiary/aromatic N) is 4. The molecule has 0 saturated heterocycles. The highest BCUT2D eigenvalue weighted by atomic mass is 79.9. The Balaban J connectivity index is 1.92. The van der Waals surface area contributed by atoms with Crippen molar-refractivity contribution in [3.05, 3.63) is 29.1 Å². The highest BCUT2D eigenvalue weighted by molar-refractivity contribution is 9.10. The third-order valence-corrected chi connectivity index (χ3v) is 2.88. The smallest absolute Gasteiger partial charge is 0.230 e. The van der Waals surface area contributed by atoms with Crippen LogP contribution in [0.25, 0.3) is 0 Å². The molecule has 0 saturated carbocycles. The minimum absolute atomic E-state index is 0.0691. The van der Waals surface area contributed by atoms with Gasteiger partial charge in [-0.25, -0.2) is 0 Å². The van der Waals surface area contributed by atoms with Crippen molar-refractivity contribution < 1.29 is 4.79 Å². The molecular weight excluding hydrogens is 298 g/mol. The number of hydrogen-bond donors (Lipinski definition) is 1. The maximum atomic E-state index is 11.9. The fourth-order valence-corrected chi connectivity index (χ4v) is 1.86. The summed E-state index contributed by atoms with van der Waals surface area (Å²) in [6.07, 6.45) is 5.32. The number of aryl methyl sites for hydroxylation is 1. The van der Waals surface area contributed by atoms with E-state index in [0.717, 1.165) is 4.47 Å². The Morgan fingerprint density at radius 1 is 1.61 bits per heavy atom. The van der Waals surface area contributed by atoms with E-state index in [1.54, 1.807) is 34.9 Å². The van der Waals surface area contributed by atoms with Crippen molar-refractivity contribution in [1.82, 2.24) is 19.6 Å². The van der Waals surface area contributed by atoms with E-state index in [1.807, 2.05) is 13.1 Å². The summed E-state index contributed by atoms with van der Waals surface area (Å²) in [5.74, 6) is 0.315. The van der Waals surface area contributed by atoms with Crippen LogP contribution < -0.4 is 5.32 Å². The van der Waals surface area contributed by atoms with Crippen LogP contribution in [-0.2, 0) is 18.4 Å². The zero-order valence-corrected chi connectivity index (χ0v) is 11.8. The number of rotatable bonds is 4. The molecular formula is C11H14BrN5O. The van der Waals surface area contributed by atoms with E-state index in [0.29, 0.717) is 12.4 Å². The van der Waals surface area contributed by atoms with Crippen LogP contribution in [0.5, 0.6) is 0 Å². The first kappa shape index (κ1) is 12.8. The Morgan fingerprint density at radius 2 is 2.39 bits per heavy atom. The first-order valence-corrected chi connectivity index (χ1v) is 6.32. The summed E-state index contributed by atoms with van der Waals surface area (Å²) < 4.78 is 4.28. The van der Waals surface area contributed by atoms with Crippen LogP contribution in [0, 0.1) is 5.92 Å². The quantitative estimate of drug-likeness (QED) is 0.934. The lowest BCUT2D eigenvalue weighted by Gasteiger charge is -2.10. The maximum absolute atomic E-state index is 11.9. The Kier molecular flexibility index (Phi) is 3.81. The van der Waals surface area contributed by atoms with Crippen LogP contribution in [0.15, 0.2) is 29.1 Å². The van der Waals surface area contributed by atoms with Crippen LogP contribution >= 0.6 is 15.9 Å². The van der Waals surface area contributed by atoms with Crippen molar-refractivity contribution in [2.24, 2.45) is 13.0 Å². The number of aromatic nitrogens is 4. The third-order valence-electron chi connectivity index (χ3n) is 2.48. The third kappa shape index (κ3) is 3.19. The van der Waals surface area contributed by atoms with Gasteiger partial charge in [-0.3, -0.25) is 14.2 Å². The van der Waals surface area contributed by atoms with Crippen LogP contribution in [0.3, 0.4) is 0 Å².